The molecule has 2 aromatic carbocycles. The lowest BCUT2D eigenvalue weighted by atomic mass is 9.94. The summed E-state index contributed by atoms with van der Waals surface area (Å²) in [5, 5.41) is 56.7. The zero-order chi connectivity index (χ0) is 32.9. The Kier molecular flexibility index (Phi) is 11.5. The number of amides is 2. The standard InChI is InChI=1S/C33H47N3O9/c1-19-14-21(6-5-7-27(39)35-33(3,4)32(43)36-12-10-34-11-13-36)8-9-22(19)16-24-20(2)15-23(38)17-25(24)44-31-30(42)29(41)28(40)26(18-37)45-31/h8-9,14-15,17,26,28-31,34,37-38,40-42H,5-7,10-13,16,18H2,1-4H3,(H,35,39)/t26-,28-,29+,30-,31-/m1/s1. The van der Waals surface area contributed by atoms with Crippen molar-refractivity contribution in [2.24, 2.45) is 0 Å². The molecule has 0 unspecified atom stereocenters. The highest BCUT2D eigenvalue weighted by atomic mass is 16.7. The molecule has 0 spiro atoms. The normalized spacial score (nSPS) is 23.9. The van der Waals surface area contributed by atoms with Crippen LogP contribution in [0.2, 0.25) is 0 Å². The van der Waals surface area contributed by atoms with Gasteiger partial charge in [0.05, 0.1) is 6.61 Å². The van der Waals surface area contributed by atoms with E-state index < -0.39 is 42.9 Å². The third-order valence-electron chi connectivity index (χ3n) is 8.54. The third-order valence-corrected chi connectivity index (χ3v) is 8.54. The first-order valence-electron chi connectivity index (χ1n) is 15.5. The summed E-state index contributed by atoms with van der Waals surface area (Å²) >= 11 is 0. The number of piperazine rings is 1. The summed E-state index contributed by atoms with van der Waals surface area (Å²) in [6, 6.07) is 9.08. The van der Waals surface area contributed by atoms with Gasteiger partial charge >= 0.3 is 0 Å². The van der Waals surface area contributed by atoms with Gasteiger partial charge in [0, 0.05) is 50.7 Å². The minimum atomic E-state index is -1.59. The Bertz CT molecular complexity index is 1340. The molecule has 45 heavy (non-hydrogen) atoms. The molecule has 248 valence electrons. The monoisotopic (exact) mass is 629 g/mol. The van der Waals surface area contributed by atoms with E-state index in [1.54, 1.807) is 24.8 Å². The van der Waals surface area contributed by atoms with Crippen LogP contribution in [0.5, 0.6) is 11.5 Å². The lowest BCUT2D eigenvalue weighted by Gasteiger charge is -2.39. The van der Waals surface area contributed by atoms with Crippen LogP contribution in [0.1, 0.15) is 54.5 Å². The zero-order valence-electron chi connectivity index (χ0n) is 26.5. The van der Waals surface area contributed by atoms with Crippen molar-refractivity contribution in [2.75, 3.05) is 32.8 Å². The average Bonchev–Trinajstić information content (AvgIpc) is 2.99. The predicted octanol–water partition coefficient (Wildman–Crippen LogP) is 0.428. The molecule has 4 rings (SSSR count). The number of carbonyl (C=O) groups excluding carboxylic acids is 2. The van der Waals surface area contributed by atoms with Crippen molar-refractivity contribution in [2.45, 2.75) is 89.6 Å². The van der Waals surface area contributed by atoms with Crippen molar-refractivity contribution < 1.29 is 44.6 Å². The van der Waals surface area contributed by atoms with E-state index in [-0.39, 0.29) is 23.3 Å². The first-order chi connectivity index (χ1) is 21.3. The minimum absolute atomic E-state index is 0.0523. The molecule has 0 aliphatic carbocycles. The number of hydrogen-bond acceptors (Lipinski definition) is 10. The Hall–Kier alpha value is -3.26. The van der Waals surface area contributed by atoms with Gasteiger partial charge in [-0.25, -0.2) is 0 Å². The molecule has 12 heteroatoms. The fraction of sp³-hybridized carbons (Fsp3) is 0.576. The molecule has 5 atom stereocenters. The quantitative estimate of drug-likeness (QED) is 0.184. The Morgan fingerprint density at radius 3 is 2.42 bits per heavy atom. The van der Waals surface area contributed by atoms with E-state index in [0.29, 0.717) is 38.8 Å². The average molecular weight is 630 g/mol. The molecular formula is C33H47N3O9. The first-order valence-corrected chi connectivity index (χ1v) is 15.5. The SMILES string of the molecule is Cc1cc(CCCC(=O)NC(C)(C)C(=O)N2CCNCC2)ccc1Cc1c(C)cc(O)cc1O[C@@H]1O[C@H](CO)[C@@H](O)[C@H](O)[C@H]1O. The number of aliphatic hydroxyl groups is 4. The van der Waals surface area contributed by atoms with Gasteiger partial charge in [0.15, 0.2) is 0 Å². The van der Waals surface area contributed by atoms with Gasteiger partial charge in [0.1, 0.15) is 41.5 Å². The number of carbonyl (C=O) groups is 2. The van der Waals surface area contributed by atoms with Crippen molar-refractivity contribution in [3.8, 4) is 11.5 Å². The van der Waals surface area contributed by atoms with Crippen LogP contribution >= 0.6 is 0 Å². The molecule has 2 fully saturated rings. The molecule has 2 amide bonds. The van der Waals surface area contributed by atoms with Crippen molar-refractivity contribution >= 4 is 11.8 Å². The van der Waals surface area contributed by atoms with Gasteiger partial charge in [-0.15, -0.1) is 0 Å². The number of phenols is 1. The van der Waals surface area contributed by atoms with Crippen molar-refractivity contribution in [3.05, 3.63) is 58.1 Å². The van der Waals surface area contributed by atoms with Gasteiger partial charge in [0.25, 0.3) is 0 Å². The molecule has 2 heterocycles. The number of ether oxygens (including phenoxy) is 2. The van der Waals surface area contributed by atoms with Crippen molar-refractivity contribution in [1.82, 2.24) is 15.5 Å². The van der Waals surface area contributed by atoms with E-state index >= 15 is 0 Å². The molecule has 0 aromatic heterocycles. The Balaban J connectivity index is 1.37. The maximum Gasteiger partial charge on any atom is 0.247 e. The van der Waals surface area contributed by atoms with Gasteiger partial charge < -0.3 is 50.5 Å². The highest BCUT2D eigenvalue weighted by Gasteiger charge is 2.45. The van der Waals surface area contributed by atoms with Crippen LogP contribution in [-0.2, 0) is 27.2 Å². The molecule has 0 bridgehead atoms. The second-order valence-electron chi connectivity index (χ2n) is 12.6. The molecule has 12 nitrogen and oxygen atoms in total. The number of rotatable bonds is 11. The van der Waals surface area contributed by atoms with E-state index in [1.807, 2.05) is 26.0 Å². The summed E-state index contributed by atoms with van der Waals surface area (Å²) in [7, 11) is 0. The highest BCUT2D eigenvalue weighted by Crippen LogP contribution is 2.34. The fourth-order valence-corrected chi connectivity index (χ4v) is 5.87. The van der Waals surface area contributed by atoms with Gasteiger partial charge in [-0.05, 0) is 68.9 Å². The maximum atomic E-state index is 12.9. The van der Waals surface area contributed by atoms with Crippen LogP contribution < -0.4 is 15.4 Å². The minimum Gasteiger partial charge on any atom is -0.508 e. The number of nitrogens with one attached hydrogen (secondary N) is 2. The number of hydrogen-bond donors (Lipinski definition) is 7. The third kappa shape index (κ3) is 8.51. The number of nitrogens with zero attached hydrogens (tertiary/aromatic N) is 1. The number of aliphatic hydroxyl groups excluding tert-OH is 4. The summed E-state index contributed by atoms with van der Waals surface area (Å²) in [6.45, 7) is 9.48. The summed E-state index contributed by atoms with van der Waals surface area (Å²) < 4.78 is 11.4. The molecule has 0 radical (unpaired) electrons. The Morgan fingerprint density at radius 1 is 1.04 bits per heavy atom. The first kappa shape index (κ1) is 34.6. The van der Waals surface area contributed by atoms with E-state index in [0.717, 1.165) is 40.9 Å². The summed E-state index contributed by atoms with van der Waals surface area (Å²) in [5.74, 6) is -0.0473. The van der Waals surface area contributed by atoms with Gasteiger partial charge in [-0.2, -0.15) is 0 Å². The Labute approximate surface area is 264 Å². The van der Waals surface area contributed by atoms with Gasteiger partial charge in [-0.3, -0.25) is 9.59 Å². The molecule has 2 aliphatic heterocycles. The summed E-state index contributed by atoms with van der Waals surface area (Å²) in [5.41, 5.74) is 3.59. The molecular weight excluding hydrogens is 582 g/mol. The van der Waals surface area contributed by atoms with Crippen LogP contribution in [0.3, 0.4) is 0 Å². The van der Waals surface area contributed by atoms with Crippen LogP contribution in [0, 0.1) is 13.8 Å². The van der Waals surface area contributed by atoms with Crippen molar-refractivity contribution in [3.63, 3.8) is 0 Å². The van der Waals surface area contributed by atoms with E-state index in [2.05, 4.69) is 16.7 Å². The van der Waals surface area contributed by atoms with Crippen LogP contribution in [-0.4, -0.2) is 111 Å². The smallest absolute Gasteiger partial charge is 0.247 e. The predicted molar refractivity (Wildman–Crippen MR) is 166 cm³/mol. The van der Waals surface area contributed by atoms with Crippen molar-refractivity contribution in [1.29, 1.82) is 0 Å². The van der Waals surface area contributed by atoms with E-state index in [4.69, 9.17) is 9.47 Å². The van der Waals surface area contributed by atoms with Gasteiger partial charge in [-0.1, -0.05) is 18.2 Å². The molecule has 0 saturated carbocycles. The molecule has 7 N–H and O–H groups in total. The lowest BCUT2D eigenvalue weighted by molar-refractivity contribution is -0.277. The van der Waals surface area contributed by atoms with Crippen LogP contribution in [0.25, 0.3) is 0 Å². The Morgan fingerprint density at radius 2 is 1.76 bits per heavy atom. The molecule has 2 aromatic rings. The lowest BCUT2D eigenvalue weighted by Crippen LogP contribution is -2.60. The summed E-state index contributed by atoms with van der Waals surface area (Å²) in [4.78, 5) is 27.4. The second-order valence-corrected chi connectivity index (χ2v) is 12.6. The zero-order valence-corrected chi connectivity index (χ0v) is 26.5. The fourth-order valence-electron chi connectivity index (χ4n) is 5.87. The maximum absolute atomic E-state index is 12.9. The van der Waals surface area contributed by atoms with Crippen LogP contribution in [0.15, 0.2) is 30.3 Å². The van der Waals surface area contributed by atoms with E-state index in [1.165, 1.54) is 6.07 Å². The number of aryl methyl sites for hydroxylation is 3. The topological polar surface area (TPSA) is 181 Å². The number of aromatic hydroxyl groups is 1. The second kappa shape index (κ2) is 14.9. The number of benzene rings is 2. The summed E-state index contributed by atoms with van der Waals surface area (Å²) in [6.07, 6.45) is -5.15. The number of phenolic OH excluding ortho intramolecular Hbond substituents is 1. The molecule has 2 aliphatic rings. The highest BCUT2D eigenvalue weighted by molar-refractivity contribution is 5.90. The van der Waals surface area contributed by atoms with Crippen LogP contribution in [0.4, 0.5) is 0 Å². The largest absolute Gasteiger partial charge is 0.508 e. The van der Waals surface area contributed by atoms with Gasteiger partial charge in [0.2, 0.25) is 18.1 Å². The molecule has 2 saturated heterocycles. The van der Waals surface area contributed by atoms with E-state index in [9.17, 15) is 35.1 Å².